The van der Waals surface area contributed by atoms with Crippen molar-refractivity contribution < 1.29 is 27.1 Å². The minimum absolute atomic E-state index is 0.335. The van der Waals surface area contributed by atoms with Crippen molar-refractivity contribution in [2.24, 2.45) is 0 Å². The van der Waals surface area contributed by atoms with Crippen LogP contribution in [-0.2, 0) is 9.53 Å². The van der Waals surface area contributed by atoms with E-state index in [0.717, 1.165) is 0 Å². The highest BCUT2D eigenvalue weighted by atomic mass is 19.3. The predicted octanol–water partition coefficient (Wildman–Crippen LogP) is 2.02. The quantitative estimate of drug-likeness (QED) is 0.654. The second-order valence-corrected chi connectivity index (χ2v) is 3.40. The van der Waals surface area contributed by atoms with E-state index in [1.807, 2.05) is 0 Å². The lowest BCUT2D eigenvalue weighted by molar-refractivity contribution is -0.182. The van der Waals surface area contributed by atoms with Crippen LogP contribution in [0.25, 0.3) is 0 Å². The number of carbonyl (C=O) groups is 1. The van der Waals surface area contributed by atoms with E-state index in [0.29, 0.717) is 12.8 Å². The molecule has 1 saturated carbocycles. The molecule has 0 aromatic heterocycles. The highest BCUT2D eigenvalue weighted by molar-refractivity contribution is 5.87. The number of carbonyl (C=O) groups excluding carboxylic acids is 1. The molecule has 1 rings (SSSR count). The zero-order valence-corrected chi connectivity index (χ0v) is 7.53. The Hall–Kier alpha value is -0.650. The molecule has 0 saturated heterocycles. The first-order valence-electron chi connectivity index (χ1n) is 4.11. The van der Waals surface area contributed by atoms with Gasteiger partial charge in [-0.15, -0.1) is 0 Å². The van der Waals surface area contributed by atoms with E-state index in [1.54, 1.807) is 0 Å². The van der Waals surface area contributed by atoms with Crippen LogP contribution in [0.15, 0.2) is 0 Å². The first-order chi connectivity index (χ1) is 6.30. The van der Waals surface area contributed by atoms with Crippen LogP contribution in [0.5, 0.6) is 0 Å². The van der Waals surface area contributed by atoms with Gasteiger partial charge in [-0.3, -0.25) is 4.79 Å². The summed E-state index contributed by atoms with van der Waals surface area (Å²) >= 11 is 0. The molecule has 0 aromatic carbocycles. The van der Waals surface area contributed by atoms with E-state index in [1.165, 1.54) is 6.92 Å². The molecule has 0 aromatic rings. The molecular formula is C8H10F4O2. The van der Waals surface area contributed by atoms with Crippen molar-refractivity contribution in [3.8, 4) is 0 Å². The summed E-state index contributed by atoms with van der Waals surface area (Å²) < 4.78 is 52.7. The van der Waals surface area contributed by atoms with Crippen molar-refractivity contribution in [2.45, 2.75) is 37.7 Å². The summed E-state index contributed by atoms with van der Waals surface area (Å²) in [6.07, 6.45) is -3.09. The summed E-state index contributed by atoms with van der Waals surface area (Å²) in [5.74, 6) is -4.56. The Labute approximate surface area is 78.2 Å². The van der Waals surface area contributed by atoms with Gasteiger partial charge in [-0.2, -0.15) is 8.78 Å². The van der Waals surface area contributed by atoms with Crippen molar-refractivity contribution in [1.82, 2.24) is 0 Å². The Kier molecular flexibility index (Phi) is 2.85. The highest BCUT2D eigenvalue weighted by Gasteiger charge is 2.52. The summed E-state index contributed by atoms with van der Waals surface area (Å²) in [7, 11) is 0. The standard InChI is InChI=1S/C8H10F4O2/c1-5(13)7(2-3-7)14-4-8(11,12)6(9)10/h6H,2-4H2,1H3. The molecule has 0 atom stereocenters. The third-order valence-corrected chi connectivity index (χ3v) is 2.21. The van der Waals surface area contributed by atoms with Gasteiger partial charge in [0.25, 0.3) is 0 Å². The van der Waals surface area contributed by atoms with Gasteiger partial charge in [0.15, 0.2) is 5.78 Å². The SMILES string of the molecule is CC(=O)C1(OCC(F)(F)C(F)F)CC1. The fraction of sp³-hybridized carbons (Fsp3) is 0.875. The van der Waals surface area contributed by atoms with Gasteiger partial charge < -0.3 is 4.74 Å². The monoisotopic (exact) mass is 214 g/mol. The minimum Gasteiger partial charge on any atom is -0.361 e. The summed E-state index contributed by atoms with van der Waals surface area (Å²) in [4.78, 5) is 10.9. The van der Waals surface area contributed by atoms with Crippen molar-refractivity contribution in [2.75, 3.05) is 6.61 Å². The Morgan fingerprint density at radius 3 is 2.29 bits per heavy atom. The van der Waals surface area contributed by atoms with Crippen LogP contribution in [0, 0.1) is 0 Å². The molecule has 0 spiro atoms. The number of rotatable bonds is 5. The Balaban J connectivity index is 2.45. The second-order valence-electron chi connectivity index (χ2n) is 3.40. The van der Waals surface area contributed by atoms with Gasteiger partial charge in [-0.1, -0.05) is 0 Å². The number of alkyl halides is 4. The summed E-state index contributed by atoms with van der Waals surface area (Å²) in [5, 5.41) is 0. The lowest BCUT2D eigenvalue weighted by Crippen LogP contribution is -2.37. The largest absolute Gasteiger partial charge is 0.361 e. The molecule has 0 bridgehead atoms. The zero-order valence-electron chi connectivity index (χ0n) is 7.53. The fourth-order valence-electron chi connectivity index (χ4n) is 1.01. The van der Waals surface area contributed by atoms with Gasteiger partial charge in [-0.05, 0) is 19.8 Å². The maximum Gasteiger partial charge on any atom is 0.330 e. The van der Waals surface area contributed by atoms with Crippen molar-refractivity contribution in [1.29, 1.82) is 0 Å². The van der Waals surface area contributed by atoms with Crippen LogP contribution in [0.4, 0.5) is 17.6 Å². The van der Waals surface area contributed by atoms with Crippen molar-refractivity contribution >= 4 is 5.78 Å². The summed E-state index contributed by atoms with van der Waals surface area (Å²) in [6, 6.07) is 0. The molecule has 0 unspecified atom stereocenters. The molecule has 0 aliphatic heterocycles. The first-order valence-corrected chi connectivity index (χ1v) is 4.11. The van der Waals surface area contributed by atoms with Gasteiger partial charge in [0.05, 0.1) is 0 Å². The van der Waals surface area contributed by atoms with Crippen LogP contribution in [-0.4, -0.2) is 30.3 Å². The predicted molar refractivity (Wildman–Crippen MR) is 39.5 cm³/mol. The van der Waals surface area contributed by atoms with Crippen LogP contribution in [0.2, 0.25) is 0 Å². The molecule has 2 nitrogen and oxygen atoms in total. The van der Waals surface area contributed by atoms with E-state index in [-0.39, 0.29) is 5.78 Å². The molecule has 0 amide bonds. The molecular weight excluding hydrogens is 204 g/mol. The van der Waals surface area contributed by atoms with Crippen molar-refractivity contribution in [3.05, 3.63) is 0 Å². The normalized spacial score (nSPS) is 19.9. The number of ketones is 1. The van der Waals surface area contributed by atoms with Crippen LogP contribution < -0.4 is 0 Å². The van der Waals surface area contributed by atoms with Gasteiger partial charge in [0.1, 0.15) is 12.2 Å². The van der Waals surface area contributed by atoms with Gasteiger partial charge in [0.2, 0.25) is 0 Å². The molecule has 82 valence electrons. The van der Waals surface area contributed by atoms with E-state index in [4.69, 9.17) is 0 Å². The summed E-state index contributed by atoms with van der Waals surface area (Å²) in [5.41, 5.74) is -1.21. The zero-order chi connectivity index (χ0) is 11.0. The maximum atomic E-state index is 12.4. The van der Waals surface area contributed by atoms with Crippen molar-refractivity contribution in [3.63, 3.8) is 0 Å². The Bertz CT molecular complexity index is 235. The number of halogens is 4. The molecule has 0 N–H and O–H groups in total. The maximum absolute atomic E-state index is 12.4. The van der Waals surface area contributed by atoms with Crippen LogP contribution >= 0.6 is 0 Å². The third kappa shape index (κ3) is 2.23. The molecule has 0 heterocycles. The molecule has 6 heteroatoms. The Morgan fingerprint density at radius 2 is 2.00 bits per heavy atom. The van der Waals surface area contributed by atoms with E-state index in [2.05, 4.69) is 4.74 Å². The minimum atomic E-state index is -4.18. The fourth-order valence-corrected chi connectivity index (χ4v) is 1.01. The summed E-state index contributed by atoms with van der Waals surface area (Å²) in [6.45, 7) is -0.197. The second kappa shape index (κ2) is 3.49. The third-order valence-electron chi connectivity index (χ3n) is 2.21. The van der Waals surface area contributed by atoms with Gasteiger partial charge in [-0.25, -0.2) is 8.78 Å². The highest BCUT2D eigenvalue weighted by Crippen LogP contribution is 2.41. The molecule has 1 fully saturated rings. The lowest BCUT2D eigenvalue weighted by atomic mass is 10.2. The number of ether oxygens (including phenoxy) is 1. The van der Waals surface area contributed by atoms with E-state index >= 15 is 0 Å². The van der Waals surface area contributed by atoms with Gasteiger partial charge >= 0.3 is 12.3 Å². The Morgan fingerprint density at radius 1 is 1.50 bits per heavy atom. The molecule has 14 heavy (non-hydrogen) atoms. The lowest BCUT2D eigenvalue weighted by Gasteiger charge is -2.19. The average molecular weight is 214 g/mol. The van der Waals surface area contributed by atoms with E-state index in [9.17, 15) is 22.4 Å². The molecule has 0 radical (unpaired) electrons. The smallest absolute Gasteiger partial charge is 0.330 e. The van der Waals surface area contributed by atoms with E-state index < -0.39 is 24.6 Å². The van der Waals surface area contributed by atoms with Gasteiger partial charge in [0, 0.05) is 0 Å². The van der Waals surface area contributed by atoms with Crippen LogP contribution in [0.3, 0.4) is 0 Å². The molecule has 1 aliphatic rings. The topological polar surface area (TPSA) is 26.3 Å². The number of hydrogen-bond acceptors (Lipinski definition) is 2. The number of Topliss-reactive ketones (excluding diaryl/α,β-unsaturated/α-hetero) is 1. The average Bonchev–Trinajstić information content (AvgIpc) is 2.81. The number of hydrogen-bond donors (Lipinski definition) is 0. The van der Waals surface area contributed by atoms with Crippen LogP contribution in [0.1, 0.15) is 19.8 Å². The first kappa shape index (κ1) is 11.4. The molecule has 1 aliphatic carbocycles.